The second-order valence-corrected chi connectivity index (χ2v) is 12.1. The summed E-state index contributed by atoms with van der Waals surface area (Å²) in [6, 6.07) is 2.82. The third kappa shape index (κ3) is 3.90. The molecule has 40 heavy (non-hydrogen) atoms. The summed E-state index contributed by atoms with van der Waals surface area (Å²) in [6.45, 7) is 3.49. The average Bonchev–Trinajstić information content (AvgIpc) is 3.59. The molecule has 0 unspecified atom stereocenters. The molecule has 3 aliphatic carbocycles. The van der Waals surface area contributed by atoms with Crippen LogP contribution >= 0.6 is 0 Å². The fourth-order valence-corrected chi connectivity index (χ4v) is 7.73. The molecule has 0 aromatic heterocycles. The largest absolute Gasteiger partial charge is 0.481 e. The molecule has 1 amide bonds. The van der Waals surface area contributed by atoms with Crippen molar-refractivity contribution in [2.24, 2.45) is 5.92 Å². The first kappa shape index (κ1) is 27.2. The number of aliphatic hydroxyl groups excluding tert-OH is 1. The highest BCUT2D eigenvalue weighted by molar-refractivity contribution is 5.87. The molecular formula is C30H38N2O8. The topological polar surface area (TPSA) is 135 Å². The minimum atomic E-state index is -1.22. The molecule has 1 saturated heterocycles. The normalized spacial score (nSPS) is 31.9. The van der Waals surface area contributed by atoms with Crippen LogP contribution in [0.1, 0.15) is 69.1 Å². The molecule has 6 rings (SSSR count). The van der Waals surface area contributed by atoms with Crippen LogP contribution in [0.15, 0.2) is 24.0 Å². The number of hydrogen-bond donors (Lipinski definition) is 3. The lowest BCUT2D eigenvalue weighted by molar-refractivity contribution is -0.176. The summed E-state index contributed by atoms with van der Waals surface area (Å²) >= 11 is 0. The van der Waals surface area contributed by atoms with Crippen molar-refractivity contribution in [3.05, 3.63) is 40.7 Å². The van der Waals surface area contributed by atoms with Crippen molar-refractivity contribution in [2.45, 2.75) is 101 Å². The summed E-state index contributed by atoms with van der Waals surface area (Å²) in [5.41, 5.74) is 0.631. The van der Waals surface area contributed by atoms with Gasteiger partial charge in [-0.15, -0.1) is 0 Å². The predicted octanol–water partition coefficient (Wildman–Crippen LogP) is 1.63. The fourth-order valence-electron chi connectivity index (χ4n) is 7.73. The van der Waals surface area contributed by atoms with Crippen LogP contribution in [0.5, 0.6) is 5.75 Å². The molecule has 2 bridgehead atoms. The van der Waals surface area contributed by atoms with Crippen LogP contribution in [0.25, 0.3) is 0 Å². The first-order chi connectivity index (χ1) is 19.1. The molecule has 1 aromatic rings. The van der Waals surface area contributed by atoms with Crippen LogP contribution in [0.4, 0.5) is 0 Å². The minimum Gasteiger partial charge on any atom is -0.481 e. The smallest absolute Gasteiger partial charge is 0.352 e. The molecule has 0 radical (unpaired) electrons. The maximum atomic E-state index is 13.2. The van der Waals surface area contributed by atoms with E-state index < -0.39 is 41.2 Å². The van der Waals surface area contributed by atoms with Crippen molar-refractivity contribution in [1.29, 1.82) is 0 Å². The summed E-state index contributed by atoms with van der Waals surface area (Å²) < 4.78 is 17.7. The van der Waals surface area contributed by atoms with Crippen LogP contribution in [-0.2, 0) is 42.3 Å². The molecule has 1 aromatic carbocycles. The zero-order valence-electron chi connectivity index (χ0n) is 23.3. The predicted molar refractivity (Wildman–Crippen MR) is 142 cm³/mol. The van der Waals surface area contributed by atoms with Crippen LogP contribution in [-0.4, -0.2) is 76.4 Å². The van der Waals surface area contributed by atoms with E-state index in [9.17, 15) is 24.6 Å². The van der Waals surface area contributed by atoms with Gasteiger partial charge in [0.1, 0.15) is 17.6 Å². The summed E-state index contributed by atoms with van der Waals surface area (Å²) in [5, 5.41) is 25.0. The second-order valence-electron chi connectivity index (χ2n) is 12.1. The number of piperidine rings is 1. The minimum absolute atomic E-state index is 0.0877. The average molecular weight is 555 g/mol. The van der Waals surface area contributed by atoms with E-state index in [0.717, 1.165) is 43.4 Å². The van der Waals surface area contributed by atoms with Crippen molar-refractivity contribution in [3.8, 4) is 5.75 Å². The number of hydrogen-bond acceptors (Lipinski definition) is 9. The number of ether oxygens (including phenoxy) is 3. The Bertz CT molecular complexity index is 1270. The number of rotatable bonds is 7. The number of nitrogens with one attached hydrogen (secondary N) is 1. The van der Waals surface area contributed by atoms with Gasteiger partial charge in [-0.25, -0.2) is 9.59 Å². The van der Waals surface area contributed by atoms with Gasteiger partial charge in [0.05, 0.1) is 17.6 Å². The molecular weight excluding hydrogens is 516 g/mol. The number of carbonyl (C=O) groups is 3. The number of aliphatic hydroxyl groups is 2. The number of amides is 1. The quantitative estimate of drug-likeness (QED) is 0.430. The molecule has 2 heterocycles. The SMILES string of the molecule is C[C@H](NC(=O)C1CCCC1)C(=O)O[C@@H](C)C(=O)OC1=CC[C@@]2(O)[C@H]3Cc4ccc(CO)c5c4[C@@]2(CCN3C)[C@H]1O5. The van der Waals surface area contributed by atoms with E-state index in [1.165, 1.54) is 13.8 Å². The molecule has 5 aliphatic rings. The van der Waals surface area contributed by atoms with Gasteiger partial charge < -0.3 is 34.6 Å². The molecule has 2 aliphatic heterocycles. The number of likely N-dealkylation sites (tertiary alicyclic amines) is 1. The Labute approximate surface area is 233 Å². The van der Waals surface area contributed by atoms with E-state index in [-0.39, 0.29) is 36.7 Å². The molecule has 6 atom stereocenters. The molecule has 2 fully saturated rings. The zero-order valence-corrected chi connectivity index (χ0v) is 23.3. The highest BCUT2D eigenvalue weighted by atomic mass is 16.6. The van der Waals surface area contributed by atoms with Gasteiger partial charge in [0.2, 0.25) is 5.91 Å². The van der Waals surface area contributed by atoms with E-state index >= 15 is 0 Å². The third-order valence-electron chi connectivity index (χ3n) is 9.91. The van der Waals surface area contributed by atoms with Gasteiger partial charge >= 0.3 is 11.9 Å². The van der Waals surface area contributed by atoms with E-state index in [2.05, 4.69) is 10.2 Å². The Morgan fingerprint density at radius 1 is 1.20 bits per heavy atom. The third-order valence-corrected chi connectivity index (χ3v) is 9.91. The first-order valence-corrected chi connectivity index (χ1v) is 14.4. The van der Waals surface area contributed by atoms with Crippen molar-refractivity contribution in [2.75, 3.05) is 13.6 Å². The van der Waals surface area contributed by atoms with Crippen LogP contribution < -0.4 is 10.1 Å². The first-order valence-electron chi connectivity index (χ1n) is 14.4. The Balaban J connectivity index is 1.20. The summed E-state index contributed by atoms with van der Waals surface area (Å²) in [4.78, 5) is 40.4. The standard InChI is InChI=1S/C30H38N2O8/c1-16(31-26(34)18-6-4-5-7-18)27(35)38-17(2)28(36)39-21-10-11-30(37)22-14-19-8-9-20(15-33)24-23(19)29(30,25(21)40-24)12-13-32(22)3/h8-10,16-18,22,25,33,37H,4-7,11-15H2,1-3H3,(H,31,34)/t16-,17-,22+,25-,29-,30+/m0/s1. The number of benzene rings is 1. The van der Waals surface area contributed by atoms with E-state index in [0.29, 0.717) is 24.2 Å². The highest BCUT2D eigenvalue weighted by Gasteiger charge is 2.71. The van der Waals surface area contributed by atoms with Gasteiger partial charge in [-0.2, -0.15) is 0 Å². The van der Waals surface area contributed by atoms with Crippen LogP contribution in [0, 0.1) is 5.92 Å². The van der Waals surface area contributed by atoms with Crippen LogP contribution in [0.2, 0.25) is 0 Å². The number of likely N-dealkylation sites (N-methyl/N-ethyl adjacent to an activating group) is 1. The monoisotopic (exact) mass is 554 g/mol. The van der Waals surface area contributed by atoms with Gasteiger partial charge in [0, 0.05) is 29.5 Å². The molecule has 10 heteroatoms. The van der Waals surface area contributed by atoms with Gasteiger partial charge in [-0.3, -0.25) is 4.79 Å². The highest BCUT2D eigenvalue weighted by Crippen LogP contribution is 2.64. The second kappa shape index (κ2) is 9.85. The van der Waals surface area contributed by atoms with Gasteiger partial charge in [-0.05, 0) is 64.8 Å². The van der Waals surface area contributed by atoms with E-state index in [1.807, 2.05) is 19.2 Å². The molecule has 3 N–H and O–H groups in total. The van der Waals surface area contributed by atoms with Crippen molar-refractivity contribution in [1.82, 2.24) is 10.2 Å². The lowest BCUT2D eigenvalue weighted by Gasteiger charge is -2.61. The lowest BCUT2D eigenvalue weighted by Crippen LogP contribution is -2.74. The van der Waals surface area contributed by atoms with Gasteiger partial charge in [-0.1, -0.05) is 25.0 Å². The number of nitrogens with zero attached hydrogens (tertiary/aromatic N) is 1. The Hall–Kier alpha value is -2.95. The van der Waals surface area contributed by atoms with Crippen LogP contribution in [0.3, 0.4) is 0 Å². The van der Waals surface area contributed by atoms with Gasteiger partial charge in [0.25, 0.3) is 0 Å². The van der Waals surface area contributed by atoms with Gasteiger partial charge in [0.15, 0.2) is 12.2 Å². The lowest BCUT2D eigenvalue weighted by atomic mass is 9.50. The molecule has 1 spiro atoms. The number of esters is 2. The Kier molecular flexibility index (Phi) is 6.71. The van der Waals surface area contributed by atoms with Crippen molar-refractivity contribution in [3.63, 3.8) is 0 Å². The van der Waals surface area contributed by atoms with Crippen molar-refractivity contribution >= 4 is 17.8 Å². The van der Waals surface area contributed by atoms with Crippen molar-refractivity contribution < 1.29 is 38.8 Å². The van der Waals surface area contributed by atoms with E-state index in [1.54, 1.807) is 6.08 Å². The maximum absolute atomic E-state index is 13.2. The summed E-state index contributed by atoms with van der Waals surface area (Å²) in [6.07, 6.45) is 4.88. The Morgan fingerprint density at radius 2 is 1.95 bits per heavy atom. The molecule has 1 saturated carbocycles. The molecule has 10 nitrogen and oxygen atoms in total. The fraction of sp³-hybridized carbons (Fsp3) is 0.633. The summed E-state index contributed by atoms with van der Waals surface area (Å²) in [7, 11) is 2.01. The maximum Gasteiger partial charge on any atom is 0.352 e. The summed E-state index contributed by atoms with van der Waals surface area (Å²) in [5.74, 6) is -0.903. The Morgan fingerprint density at radius 3 is 2.67 bits per heavy atom. The number of carbonyl (C=O) groups excluding carboxylic acids is 3. The molecule has 216 valence electrons. The van der Waals surface area contributed by atoms with E-state index in [4.69, 9.17) is 14.2 Å². The zero-order chi connectivity index (χ0) is 28.4.